The van der Waals surface area contributed by atoms with Crippen molar-refractivity contribution < 1.29 is 0 Å². The summed E-state index contributed by atoms with van der Waals surface area (Å²) in [5, 5.41) is 5.81. The zero-order valence-electron chi connectivity index (χ0n) is 11.6. The van der Waals surface area contributed by atoms with Crippen molar-refractivity contribution in [2.75, 3.05) is 0 Å². The fourth-order valence-corrected chi connectivity index (χ4v) is 2.21. The Morgan fingerprint density at radius 3 is 2.37 bits per heavy atom. The Labute approximate surface area is 113 Å². The van der Waals surface area contributed by atoms with Crippen molar-refractivity contribution in [1.82, 2.24) is 9.78 Å². The number of nitrogens with zero attached hydrogens (tertiary/aromatic N) is 2. The minimum absolute atomic E-state index is 0.170. The van der Waals surface area contributed by atoms with Gasteiger partial charge in [-0.05, 0) is 35.2 Å². The molecule has 0 spiro atoms. The summed E-state index contributed by atoms with van der Waals surface area (Å²) in [6.07, 6.45) is 2.10. The standard InChI is InChI=1S/C17H18N2/c1-17(2,3)14-9-10-16-13(11-14)12-19(18-16)15-7-5-4-6-8-15/h4-12H,1-3H3. The lowest BCUT2D eigenvalue weighted by Gasteiger charge is -2.18. The van der Waals surface area contributed by atoms with Gasteiger partial charge in [0.2, 0.25) is 0 Å². The van der Waals surface area contributed by atoms with Crippen molar-refractivity contribution in [3.05, 3.63) is 60.3 Å². The van der Waals surface area contributed by atoms with Crippen molar-refractivity contribution in [2.45, 2.75) is 26.2 Å². The van der Waals surface area contributed by atoms with Crippen LogP contribution in [-0.4, -0.2) is 9.78 Å². The van der Waals surface area contributed by atoms with Gasteiger partial charge in [-0.25, -0.2) is 4.68 Å². The van der Waals surface area contributed by atoms with Gasteiger partial charge in [-0.1, -0.05) is 45.0 Å². The Bertz CT molecular complexity index is 703. The molecule has 0 saturated carbocycles. The van der Waals surface area contributed by atoms with Gasteiger partial charge in [0.25, 0.3) is 0 Å². The van der Waals surface area contributed by atoms with E-state index in [1.54, 1.807) is 0 Å². The summed E-state index contributed by atoms with van der Waals surface area (Å²) >= 11 is 0. The number of hydrogen-bond acceptors (Lipinski definition) is 1. The highest BCUT2D eigenvalue weighted by molar-refractivity contribution is 5.79. The maximum absolute atomic E-state index is 4.62. The molecule has 0 bridgehead atoms. The zero-order valence-corrected chi connectivity index (χ0v) is 11.6. The topological polar surface area (TPSA) is 17.8 Å². The molecule has 1 aromatic heterocycles. The molecule has 3 aromatic rings. The smallest absolute Gasteiger partial charge is 0.0927 e. The van der Waals surface area contributed by atoms with Crippen LogP contribution >= 0.6 is 0 Å². The highest BCUT2D eigenvalue weighted by atomic mass is 15.3. The minimum atomic E-state index is 0.170. The fourth-order valence-electron chi connectivity index (χ4n) is 2.21. The first-order valence-electron chi connectivity index (χ1n) is 6.59. The molecule has 1 heterocycles. The van der Waals surface area contributed by atoms with Gasteiger partial charge in [0.1, 0.15) is 0 Å². The molecule has 2 nitrogen and oxygen atoms in total. The normalized spacial score (nSPS) is 11.9. The summed E-state index contributed by atoms with van der Waals surface area (Å²) in [7, 11) is 0. The molecule has 0 aliphatic carbocycles. The Hall–Kier alpha value is -2.09. The maximum atomic E-state index is 4.62. The van der Waals surface area contributed by atoms with Gasteiger partial charge in [-0.2, -0.15) is 5.10 Å². The Morgan fingerprint density at radius 2 is 1.68 bits per heavy atom. The molecule has 3 rings (SSSR count). The van der Waals surface area contributed by atoms with Gasteiger partial charge in [0.15, 0.2) is 0 Å². The van der Waals surface area contributed by atoms with E-state index in [-0.39, 0.29) is 5.41 Å². The van der Waals surface area contributed by atoms with Crippen molar-refractivity contribution in [1.29, 1.82) is 0 Å². The van der Waals surface area contributed by atoms with Crippen LogP contribution in [-0.2, 0) is 5.41 Å². The van der Waals surface area contributed by atoms with Crippen LogP contribution in [0.15, 0.2) is 54.7 Å². The van der Waals surface area contributed by atoms with Gasteiger partial charge in [0, 0.05) is 11.6 Å². The molecule has 0 aliphatic heterocycles. The van der Waals surface area contributed by atoms with E-state index in [1.165, 1.54) is 10.9 Å². The summed E-state index contributed by atoms with van der Waals surface area (Å²) in [5.74, 6) is 0. The van der Waals surface area contributed by atoms with E-state index < -0.39 is 0 Å². The Balaban J connectivity index is 2.12. The van der Waals surface area contributed by atoms with Crippen LogP contribution in [0.3, 0.4) is 0 Å². The van der Waals surface area contributed by atoms with Crippen LogP contribution in [0.2, 0.25) is 0 Å². The summed E-state index contributed by atoms with van der Waals surface area (Å²) in [6, 6.07) is 16.7. The SMILES string of the molecule is CC(C)(C)c1ccc2nn(-c3ccccc3)cc2c1. The van der Waals surface area contributed by atoms with Gasteiger partial charge in [-0.3, -0.25) is 0 Å². The summed E-state index contributed by atoms with van der Waals surface area (Å²) in [5.41, 5.74) is 3.64. The summed E-state index contributed by atoms with van der Waals surface area (Å²) in [6.45, 7) is 6.70. The van der Waals surface area contributed by atoms with Crippen molar-refractivity contribution >= 4 is 10.9 Å². The van der Waals surface area contributed by atoms with Gasteiger partial charge in [-0.15, -0.1) is 0 Å². The predicted molar refractivity (Wildman–Crippen MR) is 79.8 cm³/mol. The molecule has 2 aromatic carbocycles. The molecule has 0 amide bonds. The average molecular weight is 250 g/mol. The molecule has 0 fully saturated rings. The molecule has 0 unspecified atom stereocenters. The number of benzene rings is 2. The summed E-state index contributed by atoms with van der Waals surface area (Å²) < 4.78 is 1.94. The second-order valence-corrected chi connectivity index (χ2v) is 5.93. The van der Waals surface area contributed by atoms with Gasteiger partial charge >= 0.3 is 0 Å². The number of rotatable bonds is 1. The molecule has 0 atom stereocenters. The molecule has 0 radical (unpaired) electrons. The Kier molecular flexibility index (Phi) is 2.67. The third-order valence-electron chi connectivity index (χ3n) is 3.39. The molecule has 0 saturated heterocycles. The van der Waals surface area contributed by atoms with E-state index in [2.05, 4.69) is 62.4 Å². The summed E-state index contributed by atoms with van der Waals surface area (Å²) in [4.78, 5) is 0. The van der Waals surface area contributed by atoms with Crippen LogP contribution in [0, 0.1) is 0 Å². The van der Waals surface area contributed by atoms with Crippen molar-refractivity contribution in [2.24, 2.45) is 0 Å². The largest absolute Gasteiger partial charge is 0.240 e. The van der Waals surface area contributed by atoms with Crippen LogP contribution in [0.5, 0.6) is 0 Å². The van der Waals surface area contributed by atoms with Crippen LogP contribution in [0.4, 0.5) is 0 Å². The van der Waals surface area contributed by atoms with E-state index >= 15 is 0 Å². The molecular formula is C17H18N2. The molecule has 19 heavy (non-hydrogen) atoms. The first kappa shape index (κ1) is 12.0. The number of fused-ring (bicyclic) bond motifs is 1. The molecular weight excluding hydrogens is 232 g/mol. The number of aromatic nitrogens is 2. The Morgan fingerprint density at radius 1 is 0.947 bits per heavy atom. The number of hydrogen-bond donors (Lipinski definition) is 0. The van der Waals surface area contributed by atoms with E-state index in [4.69, 9.17) is 0 Å². The quantitative estimate of drug-likeness (QED) is 0.629. The van der Waals surface area contributed by atoms with Crippen LogP contribution in [0.1, 0.15) is 26.3 Å². The average Bonchev–Trinajstić information content (AvgIpc) is 2.81. The highest BCUT2D eigenvalue weighted by Gasteiger charge is 2.14. The van der Waals surface area contributed by atoms with Crippen molar-refractivity contribution in [3.8, 4) is 5.69 Å². The molecule has 0 aliphatic rings. The monoisotopic (exact) mass is 250 g/mol. The van der Waals surface area contributed by atoms with Gasteiger partial charge in [0.05, 0.1) is 11.2 Å². The van der Waals surface area contributed by atoms with E-state index in [1.807, 2.05) is 22.9 Å². The van der Waals surface area contributed by atoms with E-state index in [0.717, 1.165) is 11.2 Å². The lowest BCUT2D eigenvalue weighted by molar-refractivity contribution is 0.591. The van der Waals surface area contributed by atoms with E-state index in [9.17, 15) is 0 Å². The van der Waals surface area contributed by atoms with Gasteiger partial charge < -0.3 is 0 Å². The third-order valence-corrected chi connectivity index (χ3v) is 3.39. The number of para-hydroxylation sites is 1. The van der Waals surface area contributed by atoms with Crippen LogP contribution < -0.4 is 0 Å². The highest BCUT2D eigenvalue weighted by Crippen LogP contribution is 2.26. The van der Waals surface area contributed by atoms with Crippen LogP contribution in [0.25, 0.3) is 16.6 Å². The fraction of sp³-hybridized carbons (Fsp3) is 0.235. The van der Waals surface area contributed by atoms with E-state index in [0.29, 0.717) is 0 Å². The first-order valence-corrected chi connectivity index (χ1v) is 6.59. The molecule has 0 N–H and O–H groups in total. The maximum Gasteiger partial charge on any atom is 0.0927 e. The molecule has 2 heteroatoms. The lowest BCUT2D eigenvalue weighted by atomic mass is 9.86. The first-order chi connectivity index (χ1) is 9.04. The zero-order chi connectivity index (χ0) is 13.5. The second kappa shape index (κ2) is 4.23. The second-order valence-electron chi connectivity index (χ2n) is 5.93. The lowest BCUT2D eigenvalue weighted by Crippen LogP contribution is -2.10. The molecule has 96 valence electrons. The predicted octanol–water partition coefficient (Wildman–Crippen LogP) is 4.32. The minimum Gasteiger partial charge on any atom is -0.240 e. The third kappa shape index (κ3) is 2.26. The van der Waals surface area contributed by atoms with Crippen molar-refractivity contribution in [3.63, 3.8) is 0 Å².